The van der Waals surface area contributed by atoms with Crippen LogP contribution in [-0.2, 0) is 0 Å². The monoisotopic (exact) mass is 236 g/mol. The molecule has 0 unspecified atom stereocenters. The smallest absolute Gasteiger partial charge is 0.134 e. The van der Waals surface area contributed by atoms with Crippen molar-refractivity contribution in [2.75, 3.05) is 0 Å². The number of nitrogens with zero attached hydrogens (tertiary/aromatic N) is 1. The number of aliphatic hydroxyl groups excluding tert-OH is 1. The van der Waals surface area contributed by atoms with Crippen molar-refractivity contribution in [1.29, 1.82) is 0 Å². The maximum absolute atomic E-state index is 9.37. The predicted molar refractivity (Wildman–Crippen MR) is 71.0 cm³/mol. The van der Waals surface area contributed by atoms with Crippen LogP contribution in [0.4, 0.5) is 0 Å². The Morgan fingerprint density at radius 1 is 1.28 bits per heavy atom. The van der Waals surface area contributed by atoms with Crippen molar-refractivity contribution in [2.45, 2.75) is 13.0 Å². The first kappa shape index (κ1) is 13.4. The van der Waals surface area contributed by atoms with Gasteiger partial charge in [-0.15, -0.1) is 0 Å². The second-order valence-electron chi connectivity index (χ2n) is 3.10. The molecule has 0 aliphatic carbocycles. The Morgan fingerprint density at radius 2 is 2.11 bits per heavy atom. The van der Waals surface area contributed by atoms with Crippen LogP contribution in [0.5, 0.6) is 0 Å². The van der Waals surface area contributed by atoms with Crippen molar-refractivity contribution >= 4 is 0 Å². The van der Waals surface area contributed by atoms with Crippen LogP contribution in [0.25, 0.3) is 0 Å². The van der Waals surface area contributed by atoms with Crippen molar-refractivity contribution in [3.05, 3.63) is 42.3 Å². The fourth-order valence-electron chi connectivity index (χ4n) is 0.925. The lowest BCUT2D eigenvalue weighted by Gasteiger charge is -1.88. The first-order valence-electron chi connectivity index (χ1n) is 5.31. The number of aromatic amines is 1. The van der Waals surface area contributed by atoms with Crippen LogP contribution in [0.2, 0.25) is 0 Å². The molecule has 2 N–H and O–H groups in total. The number of allylic oxidation sites excluding steroid dienone is 3. The Bertz CT molecular complexity index is 590. The summed E-state index contributed by atoms with van der Waals surface area (Å²) in [6, 6.07) is 1.75. The Morgan fingerprint density at radius 3 is 2.83 bits per heavy atom. The zero-order valence-corrected chi connectivity index (χ0v) is 9.94. The zero-order chi connectivity index (χ0) is 13.1. The van der Waals surface area contributed by atoms with E-state index in [0.717, 1.165) is 0 Å². The molecule has 0 radical (unpaired) electrons. The minimum atomic E-state index is -0.809. The topological polar surface area (TPSA) is 48.9 Å². The molecule has 0 saturated heterocycles. The summed E-state index contributed by atoms with van der Waals surface area (Å²) in [5.74, 6) is 15.6. The van der Waals surface area contributed by atoms with Gasteiger partial charge in [0.15, 0.2) is 0 Å². The normalized spacial score (nSPS) is 11.0. The Balaban J connectivity index is 2.46. The van der Waals surface area contributed by atoms with Crippen LogP contribution in [0, 0.1) is 35.5 Å². The summed E-state index contributed by atoms with van der Waals surface area (Å²) in [6.45, 7) is 1.90. The number of aromatic nitrogens is 2. The lowest BCUT2D eigenvalue weighted by atomic mass is 10.3. The molecule has 1 heterocycles. The molecule has 0 aliphatic rings. The summed E-state index contributed by atoms with van der Waals surface area (Å²) in [4.78, 5) is 0. The molecule has 1 atom stereocenters. The highest BCUT2D eigenvalue weighted by atomic mass is 16.3. The quantitative estimate of drug-likeness (QED) is 0.600. The molecule has 0 amide bonds. The van der Waals surface area contributed by atoms with E-state index in [1.54, 1.807) is 24.4 Å². The molecule has 3 nitrogen and oxygen atoms in total. The minimum Gasteiger partial charge on any atom is -0.377 e. The molecule has 1 aromatic rings. The number of nitrogens with one attached hydrogen (secondary N) is 1. The highest BCUT2D eigenvalue weighted by molar-refractivity contribution is 5.40. The third-order valence-corrected chi connectivity index (χ3v) is 1.70. The van der Waals surface area contributed by atoms with Crippen LogP contribution in [0.3, 0.4) is 0 Å². The van der Waals surface area contributed by atoms with Gasteiger partial charge in [0, 0.05) is 6.20 Å². The molecule has 88 valence electrons. The number of rotatable bonds is 2. The van der Waals surface area contributed by atoms with Crippen molar-refractivity contribution in [3.63, 3.8) is 0 Å². The van der Waals surface area contributed by atoms with Crippen LogP contribution in [-0.4, -0.2) is 21.4 Å². The predicted octanol–water partition coefficient (Wildman–Crippen LogP) is 1.26. The van der Waals surface area contributed by atoms with E-state index in [9.17, 15) is 5.11 Å². The summed E-state index contributed by atoms with van der Waals surface area (Å²) in [7, 11) is 0. The molecule has 0 fully saturated rings. The SMILES string of the molecule is C/C=C/C=C\[C@H](O)C#CC#CC#Cc1ccn[nH]1. The van der Waals surface area contributed by atoms with Crippen LogP contribution < -0.4 is 0 Å². The highest BCUT2D eigenvalue weighted by Gasteiger charge is 1.86. The summed E-state index contributed by atoms with van der Waals surface area (Å²) >= 11 is 0. The van der Waals surface area contributed by atoms with Gasteiger partial charge in [-0.3, -0.25) is 5.10 Å². The van der Waals surface area contributed by atoms with Gasteiger partial charge in [-0.2, -0.15) is 5.10 Å². The Labute approximate surface area is 107 Å². The van der Waals surface area contributed by atoms with Crippen molar-refractivity contribution < 1.29 is 5.11 Å². The molecule has 1 aromatic heterocycles. The summed E-state index contributed by atoms with van der Waals surface area (Å²) in [6.07, 6.45) is 7.78. The molecule has 18 heavy (non-hydrogen) atoms. The molecule has 0 saturated carbocycles. The van der Waals surface area contributed by atoms with E-state index in [0.29, 0.717) is 5.69 Å². The van der Waals surface area contributed by atoms with E-state index in [-0.39, 0.29) is 0 Å². The molecule has 0 aromatic carbocycles. The number of H-pyrrole nitrogens is 1. The van der Waals surface area contributed by atoms with Gasteiger partial charge in [-0.05, 0) is 48.7 Å². The molecular formula is C15H12N2O. The van der Waals surface area contributed by atoms with E-state index in [1.165, 1.54) is 0 Å². The van der Waals surface area contributed by atoms with Gasteiger partial charge in [0.25, 0.3) is 0 Å². The average molecular weight is 236 g/mol. The molecular weight excluding hydrogens is 224 g/mol. The van der Waals surface area contributed by atoms with Crippen LogP contribution in [0.15, 0.2) is 36.6 Å². The van der Waals surface area contributed by atoms with Crippen LogP contribution >= 0.6 is 0 Å². The average Bonchev–Trinajstić information content (AvgIpc) is 2.87. The fraction of sp³-hybridized carbons (Fsp3) is 0.133. The summed E-state index contributed by atoms with van der Waals surface area (Å²) < 4.78 is 0. The number of hydrogen-bond acceptors (Lipinski definition) is 2. The van der Waals surface area contributed by atoms with E-state index >= 15 is 0 Å². The van der Waals surface area contributed by atoms with Gasteiger partial charge in [0.05, 0.1) is 0 Å². The van der Waals surface area contributed by atoms with Gasteiger partial charge >= 0.3 is 0 Å². The van der Waals surface area contributed by atoms with Crippen molar-refractivity contribution in [1.82, 2.24) is 10.2 Å². The standard InChI is InChI=1S/C15H12N2O/c1-2-3-6-10-15(18)11-8-5-4-7-9-14-12-13-16-17-14/h2-3,6,10,12-13,15,18H,1H3,(H,16,17)/b3-2+,10-6-/t15-/m0/s1. The molecule has 3 heteroatoms. The number of hydrogen-bond donors (Lipinski definition) is 2. The third-order valence-electron chi connectivity index (χ3n) is 1.70. The van der Waals surface area contributed by atoms with Gasteiger partial charge in [-0.25, -0.2) is 0 Å². The molecule has 0 bridgehead atoms. The van der Waals surface area contributed by atoms with E-state index in [1.807, 2.05) is 19.1 Å². The van der Waals surface area contributed by atoms with Gasteiger partial charge in [0.1, 0.15) is 11.8 Å². The second-order valence-corrected chi connectivity index (χ2v) is 3.10. The second kappa shape index (κ2) is 8.48. The maximum Gasteiger partial charge on any atom is 0.134 e. The first-order chi connectivity index (χ1) is 8.83. The zero-order valence-electron chi connectivity index (χ0n) is 9.94. The molecule has 0 aliphatic heterocycles. The molecule has 1 rings (SSSR count). The van der Waals surface area contributed by atoms with Gasteiger partial charge in [0.2, 0.25) is 0 Å². The Kier molecular flexibility index (Phi) is 6.31. The number of aliphatic hydroxyl groups is 1. The van der Waals surface area contributed by atoms with Gasteiger partial charge in [-0.1, -0.05) is 24.1 Å². The lowest BCUT2D eigenvalue weighted by Crippen LogP contribution is -1.95. The third kappa shape index (κ3) is 6.03. The van der Waals surface area contributed by atoms with Crippen molar-refractivity contribution in [3.8, 4) is 35.5 Å². The highest BCUT2D eigenvalue weighted by Crippen LogP contribution is 1.85. The van der Waals surface area contributed by atoms with Crippen LogP contribution in [0.1, 0.15) is 12.6 Å². The minimum absolute atomic E-state index is 0.701. The van der Waals surface area contributed by atoms with E-state index in [2.05, 4.69) is 45.7 Å². The van der Waals surface area contributed by atoms with E-state index in [4.69, 9.17) is 0 Å². The Hall–Kier alpha value is -2.67. The van der Waals surface area contributed by atoms with Gasteiger partial charge < -0.3 is 5.11 Å². The fourth-order valence-corrected chi connectivity index (χ4v) is 0.925. The molecule has 0 spiro atoms. The summed E-state index contributed by atoms with van der Waals surface area (Å²) in [5, 5.41) is 15.8. The van der Waals surface area contributed by atoms with E-state index < -0.39 is 6.10 Å². The lowest BCUT2D eigenvalue weighted by molar-refractivity contribution is 0.281. The first-order valence-corrected chi connectivity index (χ1v) is 5.31. The van der Waals surface area contributed by atoms with Crippen molar-refractivity contribution in [2.24, 2.45) is 0 Å². The largest absolute Gasteiger partial charge is 0.377 e. The maximum atomic E-state index is 9.37. The summed E-state index contributed by atoms with van der Waals surface area (Å²) in [5.41, 5.74) is 0.701.